The molecule has 0 spiro atoms. The van der Waals surface area contributed by atoms with Crippen LogP contribution >= 0.6 is 7.82 Å². The Balaban J connectivity index is 1.42. The largest absolute Gasteiger partial charge is 0.475 e. The van der Waals surface area contributed by atoms with Crippen LogP contribution in [0.15, 0.2) is 96.2 Å². The van der Waals surface area contributed by atoms with Crippen LogP contribution in [0.2, 0.25) is 0 Å². The third-order valence-corrected chi connectivity index (χ3v) is 7.19. The van der Waals surface area contributed by atoms with Gasteiger partial charge in [-0.05, 0) is 37.5 Å². The molecular weight excluding hydrogens is 505 g/mol. The Morgan fingerprint density at radius 2 is 1.24 bits per heavy atom. The molecule has 1 aliphatic heterocycles. The number of ether oxygens (including phenoxy) is 2. The van der Waals surface area contributed by atoms with E-state index in [2.05, 4.69) is 5.16 Å². The fourth-order valence-corrected chi connectivity index (χ4v) is 5.10. The van der Waals surface area contributed by atoms with E-state index in [0.717, 1.165) is 16.7 Å². The lowest BCUT2D eigenvalue weighted by molar-refractivity contribution is -0.152. The number of phosphoric acid groups is 1. The highest BCUT2D eigenvalue weighted by Gasteiger charge is 2.50. The smallest absolute Gasteiger partial charge is 0.391 e. The van der Waals surface area contributed by atoms with Gasteiger partial charge in [0, 0.05) is 0 Å². The van der Waals surface area contributed by atoms with Crippen molar-refractivity contribution in [1.82, 2.24) is 0 Å². The number of oxime groups is 1. The molecule has 0 radical (unpaired) electrons. The number of hydrogen-bond donors (Lipinski definition) is 0. The SMILES string of the molecule is CC1(C)O[C@H](COP(=O)(OCc2ccccc2)OCc2ccccc2)[C@](C)(/C=N\OCc2ccccc2)O1. The van der Waals surface area contributed by atoms with E-state index in [1.54, 1.807) is 20.1 Å². The van der Waals surface area contributed by atoms with Crippen LogP contribution in [0.1, 0.15) is 37.5 Å². The maximum Gasteiger partial charge on any atom is 0.475 e. The molecular formula is C29H34NO7P. The lowest BCUT2D eigenvalue weighted by Crippen LogP contribution is -2.41. The fourth-order valence-electron chi connectivity index (χ4n) is 3.94. The molecule has 0 bridgehead atoms. The number of rotatable bonds is 13. The van der Waals surface area contributed by atoms with Crippen LogP contribution in [0.25, 0.3) is 0 Å². The van der Waals surface area contributed by atoms with Gasteiger partial charge in [0.25, 0.3) is 0 Å². The molecule has 3 aromatic carbocycles. The standard InChI is InChI=1S/C29H34NO7P/c1-28(2)36-27(29(3,37-28)23-30-32-19-24-13-7-4-8-14-24)22-35-38(31,33-20-25-15-9-5-10-16-25)34-21-26-17-11-6-12-18-26/h4-18,23,27H,19-22H2,1-3H3/b30-23-/t27-,29+/m1/s1. The summed E-state index contributed by atoms with van der Waals surface area (Å²) in [7, 11) is -3.98. The van der Waals surface area contributed by atoms with Crippen LogP contribution in [0.4, 0.5) is 0 Å². The summed E-state index contributed by atoms with van der Waals surface area (Å²) >= 11 is 0. The van der Waals surface area contributed by atoms with Crippen molar-refractivity contribution < 1.29 is 32.4 Å². The van der Waals surface area contributed by atoms with Crippen LogP contribution in [0.5, 0.6) is 0 Å². The highest BCUT2D eigenvalue weighted by Crippen LogP contribution is 2.52. The van der Waals surface area contributed by atoms with E-state index in [-0.39, 0.29) is 19.8 Å². The molecule has 202 valence electrons. The zero-order valence-corrected chi connectivity index (χ0v) is 22.8. The third kappa shape index (κ3) is 8.33. The minimum atomic E-state index is -3.98. The van der Waals surface area contributed by atoms with Crippen molar-refractivity contribution in [1.29, 1.82) is 0 Å². The molecule has 1 saturated heterocycles. The average Bonchev–Trinajstić information content (AvgIpc) is 3.17. The van der Waals surface area contributed by atoms with Crippen LogP contribution < -0.4 is 0 Å². The number of benzene rings is 3. The van der Waals surface area contributed by atoms with E-state index in [1.807, 2.05) is 97.9 Å². The molecule has 38 heavy (non-hydrogen) atoms. The average molecular weight is 540 g/mol. The van der Waals surface area contributed by atoms with E-state index >= 15 is 0 Å². The maximum absolute atomic E-state index is 13.7. The molecule has 0 aliphatic carbocycles. The maximum atomic E-state index is 13.7. The molecule has 2 atom stereocenters. The molecule has 1 fully saturated rings. The Morgan fingerprint density at radius 3 is 1.74 bits per heavy atom. The van der Waals surface area contributed by atoms with Crippen LogP contribution in [-0.4, -0.2) is 30.3 Å². The molecule has 1 aliphatic rings. The van der Waals surface area contributed by atoms with Crippen molar-refractivity contribution >= 4 is 14.0 Å². The molecule has 4 rings (SSSR count). The monoisotopic (exact) mass is 539 g/mol. The van der Waals surface area contributed by atoms with Gasteiger partial charge in [0.05, 0.1) is 26.0 Å². The Kier molecular flexibility index (Phi) is 9.49. The predicted molar refractivity (Wildman–Crippen MR) is 144 cm³/mol. The van der Waals surface area contributed by atoms with E-state index in [1.165, 1.54) is 0 Å². The first-order chi connectivity index (χ1) is 18.3. The van der Waals surface area contributed by atoms with Gasteiger partial charge in [-0.2, -0.15) is 0 Å². The summed E-state index contributed by atoms with van der Waals surface area (Å²) in [6, 6.07) is 28.5. The first-order valence-electron chi connectivity index (χ1n) is 12.5. The number of hydrogen-bond acceptors (Lipinski definition) is 8. The zero-order chi connectivity index (χ0) is 26.9. The first-order valence-corrected chi connectivity index (χ1v) is 13.9. The summed E-state index contributed by atoms with van der Waals surface area (Å²) in [5.41, 5.74) is 1.66. The summed E-state index contributed by atoms with van der Waals surface area (Å²) in [4.78, 5) is 5.47. The van der Waals surface area contributed by atoms with Crippen molar-refractivity contribution in [3.8, 4) is 0 Å². The summed E-state index contributed by atoms with van der Waals surface area (Å²) in [5, 5.41) is 4.12. The molecule has 0 saturated carbocycles. The summed E-state index contributed by atoms with van der Waals surface area (Å²) < 4.78 is 43.1. The van der Waals surface area contributed by atoms with Gasteiger partial charge in [0.2, 0.25) is 0 Å². The van der Waals surface area contributed by atoms with Gasteiger partial charge in [0.1, 0.15) is 18.3 Å². The van der Waals surface area contributed by atoms with E-state index < -0.39 is 25.3 Å². The minimum Gasteiger partial charge on any atom is -0.391 e. The van der Waals surface area contributed by atoms with Crippen molar-refractivity contribution in [2.45, 2.75) is 58.1 Å². The molecule has 8 nitrogen and oxygen atoms in total. The third-order valence-electron chi connectivity index (χ3n) is 5.84. The van der Waals surface area contributed by atoms with Gasteiger partial charge >= 0.3 is 7.82 Å². The van der Waals surface area contributed by atoms with E-state index in [0.29, 0.717) is 6.61 Å². The lowest BCUT2D eigenvalue weighted by atomic mass is 10.0. The van der Waals surface area contributed by atoms with Crippen LogP contribution in [0.3, 0.4) is 0 Å². The molecule has 9 heteroatoms. The molecule has 3 aromatic rings. The van der Waals surface area contributed by atoms with Gasteiger partial charge in [-0.15, -0.1) is 0 Å². The molecule has 0 amide bonds. The van der Waals surface area contributed by atoms with Gasteiger partial charge < -0.3 is 14.3 Å². The van der Waals surface area contributed by atoms with Gasteiger partial charge in [-0.25, -0.2) is 4.57 Å². The van der Waals surface area contributed by atoms with Crippen molar-refractivity contribution in [3.05, 3.63) is 108 Å². The van der Waals surface area contributed by atoms with Crippen molar-refractivity contribution in [3.63, 3.8) is 0 Å². The normalized spacial score (nSPS) is 21.1. The van der Waals surface area contributed by atoms with E-state index in [4.69, 9.17) is 27.9 Å². The Labute approximate surface area is 224 Å². The quantitative estimate of drug-likeness (QED) is 0.136. The number of phosphoric ester groups is 1. The number of nitrogens with zero attached hydrogens (tertiary/aromatic N) is 1. The second-order valence-corrected chi connectivity index (χ2v) is 11.2. The summed E-state index contributed by atoms with van der Waals surface area (Å²) in [5.74, 6) is -0.923. The fraction of sp³-hybridized carbons (Fsp3) is 0.345. The second-order valence-electron chi connectivity index (χ2n) is 9.55. The topological polar surface area (TPSA) is 84.8 Å². The van der Waals surface area contributed by atoms with Crippen LogP contribution in [-0.2, 0) is 52.3 Å². The second kappa shape index (κ2) is 12.8. The molecule has 1 heterocycles. The highest BCUT2D eigenvalue weighted by molar-refractivity contribution is 7.48. The van der Waals surface area contributed by atoms with Gasteiger partial charge in [-0.1, -0.05) is 96.2 Å². The Hall–Kier alpha value is -2.84. The van der Waals surface area contributed by atoms with Crippen LogP contribution in [0, 0.1) is 0 Å². The summed E-state index contributed by atoms with van der Waals surface area (Å²) in [6.45, 7) is 5.72. The van der Waals surface area contributed by atoms with E-state index in [9.17, 15) is 4.57 Å². The highest BCUT2D eigenvalue weighted by atomic mass is 31.2. The van der Waals surface area contributed by atoms with Gasteiger partial charge in [0.15, 0.2) is 5.79 Å². The van der Waals surface area contributed by atoms with Crippen molar-refractivity contribution in [2.24, 2.45) is 5.16 Å². The Bertz CT molecular complexity index is 1160. The predicted octanol–water partition coefficient (Wildman–Crippen LogP) is 6.66. The molecule has 0 N–H and O–H groups in total. The first kappa shape index (κ1) is 28.2. The zero-order valence-electron chi connectivity index (χ0n) is 21.9. The summed E-state index contributed by atoms with van der Waals surface area (Å²) in [6.07, 6.45) is 0.884. The molecule has 0 aromatic heterocycles. The Morgan fingerprint density at radius 1 is 0.763 bits per heavy atom. The molecule has 0 unspecified atom stereocenters. The minimum absolute atomic E-state index is 0.0620. The van der Waals surface area contributed by atoms with Crippen molar-refractivity contribution in [2.75, 3.05) is 6.61 Å². The lowest BCUT2D eigenvalue weighted by Gasteiger charge is -2.25. The van der Waals surface area contributed by atoms with Gasteiger partial charge in [-0.3, -0.25) is 13.6 Å².